The average Bonchev–Trinajstić information content (AvgIpc) is 3.12. The number of rotatable bonds is 6. The molecule has 6 nitrogen and oxygen atoms in total. The molecule has 132 valence electrons. The lowest BCUT2D eigenvalue weighted by molar-refractivity contribution is -0.118. The van der Waals surface area contributed by atoms with Gasteiger partial charge in [-0.1, -0.05) is 60.1 Å². The van der Waals surface area contributed by atoms with E-state index in [0.717, 1.165) is 5.56 Å². The minimum atomic E-state index is -0.632. The molecule has 4 N–H and O–H groups in total. The number of aromatic nitrogens is 2. The lowest BCUT2D eigenvalue weighted by atomic mass is 10.0. The van der Waals surface area contributed by atoms with Crippen LogP contribution in [0, 0.1) is 0 Å². The summed E-state index contributed by atoms with van der Waals surface area (Å²) in [5, 5.41) is 10.1. The summed E-state index contributed by atoms with van der Waals surface area (Å²) in [6.45, 7) is 0. The van der Waals surface area contributed by atoms with Gasteiger partial charge < -0.3 is 11.1 Å². The molecular formula is C19H17ClN4O2. The fourth-order valence-corrected chi connectivity index (χ4v) is 2.98. The first kappa shape index (κ1) is 17.7. The lowest BCUT2D eigenvalue weighted by Gasteiger charge is -2.19. The Morgan fingerprint density at radius 1 is 1.12 bits per heavy atom. The molecule has 0 radical (unpaired) electrons. The van der Waals surface area contributed by atoms with Gasteiger partial charge in [0.15, 0.2) is 0 Å². The maximum absolute atomic E-state index is 12.8. The van der Waals surface area contributed by atoms with E-state index in [1.807, 2.05) is 30.3 Å². The highest BCUT2D eigenvalue weighted by Crippen LogP contribution is 2.26. The number of benzene rings is 2. The Balaban J connectivity index is 1.89. The predicted molar refractivity (Wildman–Crippen MR) is 99.5 cm³/mol. The molecular weight excluding hydrogens is 352 g/mol. The van der Waals surface area contributed by atoms with Gasteiger partial charge in [0.1, 0.15) is 0 Å². The number of nitrogens with zero attached hydrogens (tertiary/aromatic N) is 1. The van der Waals surface area contributed by atoms with E-state index in [1.54, 1.807) is 24.3 Å². The van der Waals surface area contributed by atoms with Crippen molar-refractivity contribution in [3.05, 3.63) is 76.9 Å². The van der Waals surface area contributed by atoms with E-state index >= 15 is 0 Å². The Morgan fingerprint density at radius 3 is 2.50 bits per heavy atom. The van der Waals surface area contributed by atoms with Gasteiger partial charge in [0.2, 0.25) is 5.91 Å². The Morgan fingerprint density at radius 2 is 1.81 bits per heavy atom. The molecule has 0 spiro atoms. The molecule has 0 fully saturated rings. The van der Waals surface area contributed by atoms with Crippen LogP contribution in [-0.4, -0.2) is 22.0 Å². The van der Waals surface area contributed by atoms with Crippen molar-refractivity contribution in [3.8, 4) is 11.3 Å². The van der Waals surface area contributed by atoms with Gasteiger partial charge in [0.05, 0.1) is 29.9 Å². The molecule has 2 amide bonds. The molecule has 0 aliphatic carbocycles. The fraction of sp³-hybridized carbons (Fsp3) is 0.105. The van der Waals surface area contributed by atoms with Crippen LogP contribution in [0.1, 0.15) is 28.4 Å². The van der Waals surface area contributed by atoms with E-state index in [1.165, 1.54) is 6.20 Å². The maximum Gasteiger partial charge on any atom is 0.255 e. The molecule has 0 saturated carbocycles. The minimum absolute atomic E-state index is 0.0615. The highest BCUT2D eigenvalue weighted by atomic mass is 35.5. The quantitative estimate of drug-likeness (QED) is 0.623. The monoisotopic (exact) mass is 368 g/mol. The number of H-pyrrole nitrogens is 1. The Hall–Kier alpha value is -3.12. The second-order valence-electron chi connectivity index (χ2n) is 5.74. The predicted octanol–water partition coefficient (Wildman–Crippen LogP) is 3.08. The molecule has 1 heterocycles. The first-order valence-electron chi connectivity index (χ1n) is 7.98. The molecule has 0 saturated heterocycles. The lowest BCUT2D eigenvalue weighted by Crippen LogP contribution is -2.32. The van der Waals surface area contributed by atoms with Gasteiger partial charge >= 0.3 is 0 Å². The largest absolute Gasteiger partial charge is 0.370 e. The van der Waals surface area contributed by atoms with Gasteiger partial charge in [-0.25, -0.2) is 0 Å². The molecule has 3 rings (SSSR count). The van der Waals surface area contributed by atoms with Gasteiger partial charge in [-0.05, 0) is 11.6 Å². The summed E-state index contributed by atoms with van der Waals surface area (Å²) in [6, 6.07) is 15.8. The number of nitrogens with one attached hydrogen (secondary N) is 2. The van der Waals surface area contributed by atoms with E-state index in [2.05, 4.69) is 15.5 Å². The number of hydrogen-bond donors (Lipinski definition) is 3. The van der Waals surface area contributed by atoms with Crippen LogP contribution >= 0.6 is 11.6 Å². The van der Waals surface area contributed by atoms with Crippen molar-refractivity contribution in [2.75, 3.05) is 0 Å². The minimum Gasteiger partial charge on any atom is -0.370 e. The summed E-state index contributed by atoms with van der Waals surface area (Å²) in [7, 11) is 0. The van der Waals surface area contributed by atoms with E-state index in [-0.39, 0.29) is 12.3 Å². The van der Waals surface area contributed by atoms with E-state index < -0.39 is 11.9 Å². The van der Waals surface area contributed by atoms with Gasteiger partial charge in [-0.15, -0.1) is 0 Å². The molecule has 3 aromatic rings. The average molecular weight is 369 g/mol. The number of hydrogen-bond acceptors (Lipinski definition) is 3. The van der Waals surface area contributed by atoms with Crippen LogP contribution in [0.5, 0.6) is 0 Å². The number of nitrogens with two attached hydrogens (primary N) is 1. The molecule has 0 aliphatic rings. The number of carbonyl (C=O) groups is 2. The van der Waals surface area contributed by atoms with Crippen molar-refractivity contribution in [2.24, 2.45) is 5.73 Å². The van der Waals surface area contributed by atoms with Crippen molar-refractivity contribution >= 4 is 23.4 Å². The highest BCUT2D eigenvalue weighted by Gasteiger charge is 2.22. The summed E-state index contributed by atoms with van der Waals surface area (Å²) >= 11 is 6.22. The molecule has 0 aliphatic heterocycles. The number of amides is 2. The third-order valence-electron chi connectivity index (χ3n) is 3.94. The summed E-state index contributed by atoms with van der Waals surface area (Å²) < 4.78 is 0. The van der Waals surface area contributed by atoms with Crippen molar-refractivity contribution in [1.82, 2.24) is 15.5 Å². The molecule has 0 unspecified atom stereocenters. The summed E-state index contributed by atoms with van der Waals surface area (Å²) in [6.07, 6.45) is 1.39. The Bertz CT molecular complexity index is 924. The van der Waals surface area contributed by atoms with Crippen LogP contribution in [0.4, 0.5) is 0 Å². The first-order chi connectivity index (χ1) is 12.6. The van der Waals surface area contributed by atoms with Crippen LogP contribution in [0.3, 0.4) is 0 Å². The van der Waals surface area contributed by atoms with Gasteiger partial charge in [0, 0.05) is 10.6 Å². The molecule has 1 atom stereocenters. The third-order valence-corrected chi connectivity index (χ3v) is 4.28. The van der Waals surface area contributed by atoms with Crippen LogP contribution < -0.4 is 11.1 Å². The molecule has 2 aromatic carbocycles. The molecule has 26 heavy (non-hydrogen) atoms. The van der Waals surface area contributed by atoms with Crippen LogP contribution in [0.25, 0.3) is 11.3 Å². The first-order valence-corrected chi connectivity index (χ1v) is 8.36. The van der Waals surface area contributed by atoms with Crippen molar-refractivity contribution < 1.29 is 9.59 Å². The maximum atomic E-state index is 12.8. The van der Waals surface area contributed by atoms with Crippen molar-refractivity contribution in [2.45, 2.75) is 12.5 Å². The third kappa shape index (κ3) is 3.92. The number of halogens is 1. The second-order valence-corrected chi connectivity index (χ2v) is 6.15. The van der Waals surface area contributed by atoms with Crippen molar-refractivity contribution in [3.63, 3.8) is 0 Å². The van der Waals surface area contributed by atoms with Crippen LogP contribution in [0.15, 0.2) is 60.8 Å². The highest BCUT2D eigenvalue weighted by molar-refractivity contribution is 6.31. The zero-order valence-corrected chi connectivity index (χ0v) is 14.5. The van der Waals surface area contributed by atoms with E-state index in [4.69, 9.17) is 17.3 Å². The number of carbonyl (C=O) groups excluding carboxylic acids is 2. The summed E-state index contributed by atoms with van der Waals surface area (Å²) in [5.74, 6) is -0.908. The van der Waals surface area contributed by atoms with Crippen molar-refractivity contribution in [1.29, 1.82) is 0 Å². The zero-order chi connectivity index (χ0) is 18.5. The summed E-state index contributed by atoms with van der Waals surface area (Å²) in [4.78, 5) is 24.3. The van der Waals surface area contributed by atoms with Crippen LogP contribution in [-0.2, 0) is 4.79 Å². The standard InChI is InChI=1S/C19H17ClN4O2/c20-15-9-5-4-8-13(15)16(10-17(21)25)23-19(26)14-11-22-24-18(14)12-6-2-1-3-7-12/h1-9,11,16H,10H2,(H2,21,25)(H,22,24)(H,23,26)/t16-/m0/s1. The van der Waals surface area contributed by atoms with E-state index in [0.29, 0.717) is 21.8 Å². The normalized spacial score (nSPS) is 11.7. The number of primary amides is 1. The Labute approximate surface area is 155 Å². The Kier molecular flexibility index (Phi) is 5.34. The van der Waals surface area contributed by atoms with Crippen LogP contribution in [0.2, 0.25) is 5.02 Å². The van der Waals surface area contributed by atoms with E-state index in [9.17, 15) is 9.59 Å². The SMILES string of the molecule is NC(=O)C[C@H](NC(=O)c1cn[nH]c1-c1ccccc1)c1ccccc1Cl. The molecule has 7 heteroatoms. The molecule has 1 aromatic heterocycles. The smallest absolute Gasteiger partial charge is 0.255 e. The summed E-state index contributed by atoms with van der Waals surface area (Å²) in [5.41, 5.74) is 7.78. The second kappa shape index (κ2) is 7.84. The van der Waals surface area contributed by atoms with Gasteiger partial charge in [-0.3, -0.25) is 14.7 Å². The van der Waals surface area contributed by atoms with Gasteiger partial charge in [-0.2, -0.15) is 5.10 Å². The fourth-order valence-electron chi connectivity index (χ4n) is 2.72. The zero-order valence-electron chi connectivity index (χ0n) is 13.8. The number of aromatic amines is 1. The topological polar surface area (TPSA) is 101 Å². The van der Waals surface area contributed by atoms with Gasteiger partial charge in [0.25, 0.3) is 5.91 Å². The molecule has 0 bridgehead atoms.